The van der Waals surface area contributed by atoms with Crippen molar-refractivity contribution in [2.45, 2.75) is 63.6 Å². The number of halogens is 2. The van der Waals surface area contributed by atoms with E-state index in [4.69, 9.17) is 14.5 Å². The lowest BCUT2D eigenvalue weighted by Gasteiger charge is -2.32. The van der Waals surface area contributed by atoms with Gasteiger partial charge in [0.2, 0.25) is 0 Å². The monoisotopic (exact) mass is 587 g/mol. The van der Waals surface area contributed by atoms with E-state index in [2.05, 4.69) is 26.7 Å². The summed E-state index contributed by atoms with van der Waals surface area (Å²) in [6.07, 6.45) is 6.30. The molecule has 0 radical (unpaired) electrons. The van der Waals surface area contributed by atoms with Gasteiger partial charge in [-0.25, -0.2) is 8.78 Å². The van der Waals surface area contributed by atoms with Gasteiger partial charge in [-0.3, -0.25) is 9.88 Å². The molecule has 0 spiro atoms. The molecular formula is C33H35F2N5O3. The highest BCUT2D eigenvalue weighted by molar-refractivity contribution is 6.01. The van der Waals surface area contributed by atoms with Gasteiger partial charge in [0, 0.05) is 24.8 Å². The van der Waals surface area contributed by atoms with Gasteiger partial charge in [0.1, 0.15) is 35.2 Å². The second-order valence-electron chi connectivity index (χ2n) is 12.8. The number of nitrogens with zero attached hydrogens (tertiary/aromatic N) is 5. The van der Waals surface area contributed by atoms with Crippen LogP contribution in [0, 0.1) is 17.6 Å². The van der Waals surface area contributed by atoms with E-state index in [1.165, 1.54) is 12.1 Å². The lowest BCUT2D eigenvalue weighted by molar-refractivity contribution is 0.102. The summed E-state index contributed by atoms with van der Waals surface area (Å²) in [5.74, 6) is 0.105. The molecule has 3 saturated heterocycles. The van der Waals surface area contributed by atoms with Gasteiger partial charge >= 0.3 is 6.01 Å². The van der Waals surface area contributed by atoms with Gasteiger partial charge < -0.3 is 19.5 Å². The standard InChI is InChI=1S/C33H35F2N5O3/c1-3-21-24(34)6-5-19-11-20(41)12-22(27(19)21)29-28(35)30-23(15-36-29)31(40-9-10-42-26-13-25(26)40)38-32(37-30)43-17-33-7-4-8-39(33)16-18(2)14-33/h5-6,11-12,15,18,25-26,41H,3-4,7-10,13-14,16-17H2,1-2H3/t18-,25?,26?,33+/m1/s1. The normalized spacial score (nSPS) is 26.7. The molecule has 43 heavy (non-hydrogen) atoms. The Morgan fingerprint density at radius 1 is 1.19 bits per heavy atom. The highest BCUT2D eigenvalue weighted by atomic mass is 19.1. The molecule has 3 aliphatic heterocycles. The third kappa shape index (κ3) is 4.32. The van der Waals surface area contributed by atoms with Crippen LogP contribution >= 0.6 is 0 Å². The fraction of sp³-hybridized carbons (Fsp3) is 0.485. The molecule has 2 unspecified atom stereocenters. The topological polar surface area (TPSA) is 83.8 Å². The number of rotatable bonds is 6. The first-order valence-corrected chi connectivity index (χ1v) is 15.4. The summed E-state index contributed by atoms with van der Waals surface area (Å²) in [5.41, 5.74) is 0.825. The minimum Gasteiger partial charge on any atom is -0.508 e. The van der Waals surface area contributed by atoms with Crippen LogP contribution in [0.25, 0.3) is 32.9 Å². The highest BCUT2D eigenvalue weighted by Gasteiger charge is 2.49. The van der Waals surface area contributed by atoms with Crippen LogP contribution < -0.4 is 9.64 Å². The Balaban J connectivity index is 1.28. The summed E-state index contributed by atoms with van der Waals surface area (Å²) in [5, 5.41) is 12.2. The van der Waals surface area contributed by atoms with Crippen molar-refractivity contribution in [3.8, 4) is 23.0 Å². The highest BCUT2D eigenvalue weighted by Crippen LogP contribution is 2.44. The fourth-order valence-corrected chi connectivity index (χ4v) is 7.94. The van der Waals surface area contributed by atoms with Crippen LogP contribution in [-0.2, 0) is 11.2 Å². The fourth-order valence-electron chi connectivity index (χ4n) is 7.94. The summed E-state index contributed by atoms with van der Waals surface area (Å²) in [6.45, 7) is 7.90. The zero-order valence-corrected chi connectivity index (χ0v) is 24.4. The number of phenols is 1. The predicted molar refractivity (Wildman–Crippen MR) is 160 cm³/mol. The lowest BCUT2D eigenvalue weighted by Crippen LogP contribution is -2.43. The molecule has 2 aromatic heterocycles. The minimum atomic E-state index is -0.653. The van der Waals surface area contributed by atoms with Crippen molar-refractivity contribution in [3.63, 3.8) is 0 Å². The van der Waals surface area contributed by atoms with E-state index in [0.717, 1.165) is 38.8 Å². The third-order valence-corrected chi connectivity index (χ3v) is 9.91. The van der Waals surface area contributed by atoms with Gasteiger partial charge in [0.15, 0.2) is 5.82 Å². The molecule has 4 fully saturated rings. The van der Waals surface area contributed by atoms with E-state index in [1.807, 2.05) is 6.92 Å². The van der Waals surface area contributed by atoms with Crippen molar-refractivity contribution in [1.82, 2.24) is 19.9 Å². The first-order chi connectivity index (χ1) is 20.8. The first kappa shape index (κ1) is 27.0. The molecule has 5 heterocycles. The van der Waals surface area contributed by atoms with E-state index < -0.39 is 5.82 Å². The van der Waals surface area contributed by atoms with Crippen LogP contribution in [0.3, 0.4) is 0 Å². The number of anilines is 1. The Hall–Kier alpha value is -3.63. The van der Waals surface area contributed by atoms with Gasteiger partial charge in [0.05, 0.1) is 29.7 Å². The second-order valence-corrected chi connectivity index (χ2v) is 12.8. The molecule has 4 aliphatic rings. The summed E-state index contributed by atoms with van der Waals surface area (Å²) in [6, 6.07) is 6.29. The number of fused-ring (bicyclic) bond motifs is 4. The third-order valence-electron chi connectivity index (χ3n) is 9.91. The Kier molecular flexibility index (Phi) is 6.24. The molecule has 224 valence electrons. The molecule has 0 amide bonds. The summed E-state index contributed by atoms with van der Waals surface area (Å²) < 4.78 is 43.9. The number of phenolic OH excluding ortho intramolecular Hbond substituents is 1. The number of morpholine rings is 1. The molecule has 1 N–H and O–H groups in total. The average molecular weight is 588 g/mol. The molecule has 2 aromatic carbocycles. The predicted octanol–water partition coefficient (Wildman–Crippen LogP) is 5.62. The minimum absolute atomic E-state index is 0.000700. The van der Waals surface area contributed by atoms with Crippen molar-refractivity contribution in [2.24, 2.45) is 5.92 Å². The lowest BCUT2D eigenvalue weighted by atomic mass is 9.92. The number of aryl methyl sites for hydroxylation is 1. The number of hydrogen-bond donors (Lipinski definition) is 1. The summed E-state index contributed by atoms with van der Waals surface area (Å²) in [4.78, 5) is 18.8. The zero-order chi connectivity index (χ0) is 29.5. The quantitative estimate of drug-likeness (QED) is 0.311. The van der Waals surface area contributed by atoms with Crippen molar-refractivity contribution in [3.05, 3.63) is 47.7 Å². The van der Waals surface area contributed by atoms with Gasteiger partial charge in [-0.15, -0.1) is 0 Å². The number of ether oxygens (including phenoxy) is 2. The van der Waals surface area contributed by atoms with E-state index in [9.17, 15) is 9.50 Å². The average Bonchev–Trinajstić information content (AvgIpc) is 3.60. The Morgan fingerprint density at radius 3 is 2.93 bits per heavy atom. The van der Waals surface area contributed by atoms with Crippen LogP contribution in [-0.4, -0.2) is 75.5 Å². The molecule has 1 aliphatic carbocycles. The van der Waals surface area contributed by atoms with Crippen LogP contribution in [0.1, 0.15) is 45.1 Å². The van der Waals surface area contributed by atoms with Gasteiger partial charge in [-0.05, 0) is 79.1 Å². The maximum absolute atomic E-state index is 16.8. The maximum Gasteiger partial charge on any atom is 0.319 e. The zero-order valence-electron chi connectivity index (χ0n) is 24.4. The summed E-state index contributed by atoms with van der Waals surface area (Å²) >= 11 is 0. The second kappa shape index (κ2) is 9.95. The molecule has 8 rings (SSSR count). The van der Waals surface area contributed by atoms with Crippen molar-refractivity contribution >= 4 is 27.5 Å². The van der Waals surface area contributed by atoms with Crippen molar-refractivity contribution in [1.29, 1.82) is 0 Å². The van der Waals surface area contributed by atoms with Crippen LogP contribution in [0.2, 0.25) is 0 Å². The van der Waals surface area contributed by atoms with Crippen molar-refractivity contribution in [2.75, 3.05) is 37.7 Å². The Morgan fingerprint density at radius 2 is 2.07 bits per heavy atom. The van der Waals surface area contributed by atoms with E-state index >= 15 is 4.39 Å². The van der Waals surface area contributed by atoms with Crippen LogP contribution in [0.5, 0.6) is 11.8 Å². The molecule has 1 saturated carbocycles. The van der Waals surface area contributed by atoms with Gasteiger partial charge in [-0.2, -0.15) is 9.97 Å². The summed E-state index contributed by atoms with van der Waals surface area (Å²) in [7, 11) is 0. The molecule has 4 atom stereocenters. The van der Waals surface area contributed by atoms with Crippen LogP contribution in [0.4, 0.5) is 14.6 Å². The number of pyridine rings is 1. The van der Waals surface area contributed by atoms with Gasteiger partial charge in [0.25, 0.3) is 0 Å². The molecule has 10 heteroatoms. The van der Waals surface area contributed by atoms with E-state index in [-0.39, 0.29) is 46.5 Å². The Labute approximate surface area is 248 Å². The van der Waals surface area contributed by atoms with Gasteiger partial charge in [-0.1, -0.05) is 19.9 Å². The molecule has 4 aromatic rings. The van der Waals surface area contributed by atoms with E-state index in [0.29, 0.717) is 65.2 Å². The number of benzene rings is 2. The molecular weight excluding hydrogens is 552 g/mol. The number of aromatic hydroxyl groups is 1. The number of hydrogen-bond acceptors (Lipinski definition) is 8. The molecule has 0 bridgehead atoms. The Bertz CT molecular complexity index is 1770. The molecule has 8 nitrogen and oxygen atoms in total. The van der Waals surface area contributed by atoms with Crippen LogP contribution in [0.15, 0.2) is 30.5 Å². The van der Waals surface area contributed by atoms with Crippen molar-refractivity contribution < 1.29 is 23.4 Å². The number of aromatic nitrogens is 3. The smallest absolute Gasteiger partial charge is 0.319 e. The maximum atomic E-state index is 16.8. The largest absolute Gasteiger partial charge is 0.508 e. The first-order valence-electron chi connectivity index (χ1n) is 15.4. The van der Waals surface area contributed by atoms with E-state index in [1.54, 1.807) is 18.3 Å². The SMILES string of the molecule is CCc1c(F)ccc2cc(O)cc(-c3ncc4c(N5CCOC6CC65)nc(OC[C@@]56CCCN5C[C@H](C)C6)nc4c3F)c12.